The van der Waals surface area contributed by atoms with Gasteiger partial charge in [0.25, 0.3) is 0 Å². The minimum absolute atomic E-state index is 0.153. The van der Waals surface area contributed by atoms with Crippen LogP contribution in [0.1, 0.15) is 38.2 Å². The standard InChI is InChI=1S/C12H15BrN2O2/c1-7(16)10-9(5-8(13)6-14-10)15-11(17)12(2,3)4/h5-6H,1-4H3,(H,15,17). The second-order valence-corrected chi connectivity index (χ2v) is 5.73. The Balaban J connectivity index is 3.09. The second-order valence-electron chi connectivity index (χ2n) is 4.81. The predicted octanol–water partition coefficient (Wildman–Crippen LogP) is 3.03. The van der Waals surface area contributed by atoms with Crippen molar-refractivity contribution in [1.29, 1.82) is 0 Å². The van der Waals surface area contributed by atoms with Crippen molar-refractivity contribution in [2.24, 2.45) is 5.41 Å². The Bertz CT molecular complexity index is 464. The third-order valence-electron chi connectivity index (χ3n) is 2.12. The van der Waals surface area contributed by atoms with E-state index in [4.69, 9.17) is 0 Å². The van der Waals surface area contributed by atoms with E-state index in [1.54, 1.807) is 26.8 Å². The van der Waals surface area contributed by atoms with Crippen LogP contribution in [-0.4, -0.2) is 16.7 Å². The molecule has 0 aromatic carbocycles. The van der Waals surface area contributed by atoms with E-state index in [0.717, 1.165) is 0 Å². The molecule has 0 unspecified atom stereocenters. The summed E-state index contributed by atoms with van der Waals surface area (Å²) >= 11 is 3.26. The molecule has 17 heavy (non-hydrogen) atoms. The lowest BCUT2D eigenvalue weighted by Gasteiger charge is -2.18. The molecule has 0 radical (unpaired) electrons. The molecule has 0 bridgehead atoms. The van der Waals surface area contributed by atoms with Crippen molar-refractivity contribution >= 4 is 33.3 Å². The highest BCUT2D eigenvalue weighted by Crippen LogP contribution is 2.22. The van der Waals surface area contributed by atoms with E-state index in [0.29, 0.717) is 10.2 Å². The number of carbonyl (C=O) groups is 2. The molecule has 0 aliphatic carbocycles. The zero-order valence-electron chi connectivity index (χ0n) is 10.3. The Labute approximate surface area is 109 Å². The Morgan fingerprint density at radius 1 is 1.35 bits per heavy atom. The van der Waals surface area contributed by atoms with Crippen molar-refractivity contribution in [2.75, 3.05) is 5.32 Å². The van der Waals surface area contributed by atoms with Gasteiger partial charge in [0.05, 0.1) is 5.69 Å². The van der Waals surface area contributed by atoms with E-state index >= 15 is 0 Å². The fourth-order valence-corrected chi connectivity index (χ4v) is 1.46. The topological polar surface area (TPSA) is 59.1 Å². The van der Waals surface area contributed by atoms with E-state index in [1.165, 1.54) is 13.1 Å². The van der Waals surface area contributed by atoms with Gasteiger partial charge in [0, 0.05) is 23.0 Å². The number of aromatic nitrogens is 1. The first kappa shape index (κ1) is 13.8. The molecule has 92 valence electrons. The summed E-state index contributed by atoms with van der Waals surface area (Å²) in [5.74, 6) is -0.332. The van der Waals surface area contributed by atoms with Gasteiger partial charge in [-0.2, -0.15) is 0 Å². The van der Waals surface area contributed by atoms with Crippen LogP contribution in [0.15, 0.2) is 16.7 Å². The molecule has 1 N–H and O–H groups in total. The number of Topliss-reactive ketones (excluding diaryl/α,β-unsaturated/α-hetero) is 1. The lowest BCUT2D eigenvalue weighted by Crippen LogP contribution is -2.28. The minimum atomic E-state index is -0.517. The number of nitrogens with one attached hydrogen (secondary N) is 1. The molecule has 0 saturated carbocycles. The van der Waals surface area contributed by atoms with E-state index in [-0.39, 0.29) is 17.4 Å². The molecule has 0 aliphatic rings. The third-order valence-corrected chi connectivity index (χ3v) is 2.55. The van der Waals surface area contributed by atoms with Crippen LogP contribution in [0, 0.1) is 5.41 Å². The van der Waals surface area contributed by atoms with Crippen molar-refractivity contribution in [1.82, 2.24) is 4.98 Å². The van der Waals surface area contributed by atoms with E-state index in [1.807, 2.05) is 0 Å². The number of rotatable bonds is 2. The smallest absolute Gasteiger partial charge is 0.229 e. The van der Waals surface area contributed by atoms with Gasteiger partial charge in [-0.3, -0.25) is 9.59 Å². The second kappa shape index (κ2) is 4.96. The van der Waals surface area contributed by atoms with Gasteiger partial charge in [-0.25, -0.2) is 4.98 Å². The van der Waals surface area contributed by atoms with E-state index < -0.39 is 5.41 Å². The highest BCUT2D eigenvalue weighted by Gasteiger charge is 2.23. The quantitative estimate of drug-likeness (QED) is 0.854. The van der Waals surface area contributed by atoms with Crippen molar-refractivity contribution in [3.05, 3.63) is 22.4 Å². The van der Waals surface area contributed by atoms with Gasteiger partial charge in [0.2, 0.25) is 5.91 Å². The highest BCUT2D eigenvalue weighted by molar-refractivity contribution is 9.10. The summed E-state index contributed by atoms with van der Waals surface area (Å²) in [6, 6.07) is 1.67. The van der Waals surface area contributed by atoms with Crippen LogP contribution in [0.25, 0.3) is 0 Å². The fourth-order valence-electron chi connectivity index (χ4n) is 1.12. The third kappa shape index (κ3) is 3.63. The van der Waals surface area contributed by atoms with Crippen LogP contribution in [0.5, 0.6) is 0 Å². The molecule has 0 atom stereocenters. The molecule has 4 nitrogen and oxygen atoms in total. The van der Waals surface area contributed by atoms with Gasteiger partial charge in [-0.05, 0) is 22.0 Å². The lowest BCUT2D eigenvalue weighted by atomic mass is 9.95. The maximum absolute atomic E-state index is 11.9. The summed E-state index contributed by atoms with van der Waals surface area (Å²) in [7, 11) is 0. The molecule has 0 fully saturated rings. The maximum atomic E-state index is 11.9. The van der Waals surface area contributed by atoms with E-state index in [9.17, 15) is 9.59 Å². The Hall–Kier alpha value is -1.23. The maximum Gasteiger partial charge on any atom is 0.229 e. The Kier molecular flexibility index (Phi) is 4.03. The molecule has 0 aliphatic heterocycles. The van der Waals surface area contributed by atoms with Crippen LogP contribution in [-0.2, 0) is 4.79 Å². The summed E-state index contributed by atoms with van der Waals surface area (Å²) < 4.78 is 0.715. The lowest BCUT2D eigenvalue weighted by molar-refractivity contribution is -0.123. The summed E-state index contributed by atoms with van der Waals surface area (Å²) in [6.45, 7) is 6.84. The summed E-state index contributed by atoms with van der Waals surface area (Å²) in [4.78, 5) is 27.2. The van der Waals surface area contributed by atoms with Gasteiger partial charge in [0.15, 0.2) is 5.78 Å². The minimum Gasteiger partial charge on any atom is -0.324 e. The normalized spacial score (nSPS) is 11.1. The van der Waals surface area contributed by atoms with Gasteiger partial charge >= 0.3 is 0 Å². The van der Waals surface area contributed by atoms with Crippen molar-refractivity contribution in [3.63, 3.8) is 0 Å². The summed E-state index contributed by atoms with van der Waals surface area (Å²) in [5, 5.41) is 2.72. The molecule has 0 saturated heterocycles. The first-order valence-corrected chi connectivity index (χ1v) is 5.99. The van der Waals surface area contributed by atoms with E-state index in [2.05, 4.69) is 26.2 Å². The Morgan fingerprint density at radius 2 is 1.94 bits per heavy atom. The molecule has 1 heterocycles. The van der Waals surface area contributed by atoms with Crippen LogP contribution < -0.4 is 5.32 Å². The first-order valence-electron chi connectivity index (χ1n) is 5.20. The first-order chi connectivity index (χ1) is 7.71. The molecular weight excluding hydrogens is 284 g/mol. The van der Waals surface area contributed by atoms with Crippen molar-refractivity contribution in [2.45, 2.75) is 27.7 Å². The van der Waals surface area contributed by atoms with Gasteiger partial charge < -0.3 is 5.32 Å². The molecule has 1 aromatic heterocycles. The summed E-state index contributed by atoms with van der Waals surface area (Å²) in [6.07, 6.45) is 1.53. The largest absolute Gasteiger partial charge is 0.324 e. The van der Waals surface area contributed by atoms with Crippen LogP contribution in [0.3, 0.4) is 0 Å². The number of nitrogens with zero attached hydrogens (tertiary/aromatic N) is 1. The highest BCUT2D eigenvalue weighted by atomic mass is 79.9. The number of hydrogen-bond donors (Lipinski definition) is 1. The SMILES string of the molecule is CC(=O)c1ncc(Br)cc1NC(=O)C(C)(C)C. The average Bonchev–Trinajstić information content (AvgIpc) is 2.15. The number of amides is 1. The predicted molar refractivity (Wildman–Crippen MR) is 70.0 cm³/mol. The van der Waals surface area contributed by atoms with Crippen molar-refractivity contribution < 1.29 is 9.59 Å². The number of ketones is 1. The number of anilines is 1. The zero-order chi connectivity index (χ0) is 13.2. The van der Waals surface area contributed by atoms with Crippen LogP contribution >= 0.6 is 15.9 Å². The number of carbonyl (C=O) groups excluding carboxylic acids is 2. The number of halogens is 1. The monoisotopic (exact) mass is 298 g/mol. The Morgan fingerprint density at radius 3 is 2.41 bits per heavy atom. The number of pyridine rings is 1. The molecule has 1 rings (SSSR count). The van der Waals surface area contributed by atoms with Crippen LogP contribution in [0.2, 0.25) is 0 Å². The van der Waals surface area contributed by atoms with Gasteiger partial charge in [-0.1, -0.05) is 20.8 Å². The summed E-state index contributed by atoms with van der Waals surface area (Å²) in [5.41, 5.74) is 0.189. The van der Waals surface area contributed by atoms with Crippen molar-refractivity contribution in [3.8, 4) is 0 Å². The van der Waals surface area contributed by atoms with Crippen LogP contribution in [0.4, 0.5) is 5.69 Å². The fraction of sp³-hybridized carbons (Fsp3) is 0.417. The molecular formula is C12H15BrN2O2. The van der Waals surface area contributed by atoms with Gasteiger partial charge in [0.1, 0.15) is 5.69 Å². The van der Waals surface area contributed by atoms with Gasteiger partial charge in [-0.15, -0.1) is 0 Å². The average molecular weight is 299 g/mol. The number of hydrogen-bond acceptors (Lipinski definition) is 3. The molecule has 1 aromatic rings. The zero-order valence-corrected chi connectivity index (χ0v) is 11.9. The molecule has 1 amide bonds. The molecule has 0 spiro atoms. The molecule has 5 heteroatoms.